The van der Waals surface area contributed by atoms with E-state index in [1.54, 1.807) is 6.07 Å². The number of hydrogen-bond acceptors (Lipinski definition) is 3. The van der Waals surface area contributed by atoms with Crippen LogP contribution in [0.5, 0.6) is 11.5 Å². The number of aromatic hydroxyl groups is 1. The van der Waals surface area contributed by atoms with Gasteiger partial charge in [0.25, 0.3) is 0 Å². The third kappa shape index (κ3) is 3.19. The molecule has 2 rings (SSSR count). The molecule has 0 aliphatic heterocycles. The van der Waals surface area contributed by atoms with Crippen LogP contribution in [0.2, 0.25) is 5.02 Å². The molecule has 0 aromatic heterocycles. The van der Waals surface area contributed by atoms with Crippen LogP contribution in [0.15, 0.2) is 34.8 Å². The fraction of sp³-hybridized carbons (Fsp3) is 0.200. The first-order chi connectivity index (χ1) is 9.52. The van der Waals surface area contributed by atoms with Gasteiger partial charge in [-0.1, -0.05) is 23.7 Å². The predicted octanol–water partition coefficient (Wildman–Crippen LogP) is 4.74. The number of para-hydroxylation sites is 1. The maximum atomic E-state index is 9.78. The Hall–Kier alpha value is -1.39. The number of anilines is 1. The summed E-state index contributed by atoms with van der Waals surface area (Å²) >= 11 is 9.48. The zero-order valence-electron chi connectivity index (χ0n) is 11.2. The number of halogens is 2. The van der Waals surface area contributed by atoms with Crippen molar-refractivity contribution in [2.45, 2.75) is 13.5 Å². The molecule has 106 valence electrons. The van der Waals surface area contributed by atoms with Crippen LogP contribution in [0.4, 0.5) is 5.69 Å². The van der Waals surface area contributed by atoms with Crippen molar-refractivity contribution < 1.29 is 9.84 Å². The van der Waals surface area contributed by atoms with E-state index in [-0.39, 0.29) is 5.75 Å². The molecule has 2 N–H and O–H groups in total. The molecule has 0 aliphatic rings. The lowest BCUT2D eigenvalue weighted by Crippen LogP contribution is -2.02. The van der Waals surface area contributed by atoms with Crippen molar-refractivity contribution in [2.24, 2.45) is 0 Å². The molecule has 2 aromatic rings. The minimum atomic E-state index is 0.102. The first-order valence-corrected chi connectivity index (χ1v) is 7.24. The van der Waals surface area contributed by atoms with Crippen molar-refractivity contribution in [1.82, 2.24) is 0 Å². The zero-order chi connectivity index (χ0) is 14.7. The molecular formula is C15H15BrClNO2. The summed E-state index contributed by atoms with van der Waals surface area (Å²) in [6.07, 6.45) is 0. The minimum absolute atomic E-state index is 0.102. The smallest absolute Gasteiger partial charge is 0.172 e. The van der Waals surface area contributed by atoms with Gasteiger partial charge >= 0.3 is 0 Å². The van der Waals surface area contributed by atoms with Crippen LogP contribution in [-0.4, -0.2) is 12.2 Å². The number of benzene rings is 2. The summed E-state index contributed by atoms with van der Waals surface area (Å²) in [4.78, 5) is 0. The highest BCUT2D eigenvalue weighted by atomic mass is 79.9. The van der Waals surface area contributed by atoms with Gasteiger partial charge in [0.1, 0.15) is 0 Å². The molecular weight excluding hydrogens is 342 g/mol. The van der Waals surface area contributed by atoms with E-state index in [0.717, 1.165) is 16.8 Å². The molecule has 0 fully saturated rings. The molecule has 0 unspecified atom stereocenters. The summed E-state index contributed by atoms with van der Waals surface area (Å²) in [5, 5.41) is 13.8. The minimum Gasteiger partial charge on any atom is -0.503 e. The first kappa shape index (κ1) is 15.0. The average Bonchev–Trinajstić information content (AvgIpc) is 2.42. The largest absolute Gasteiger partial charge is 0.503 e. The van der Waals surface area contributed by atoms with E-state index in [1.807, 2.05) is 31.2 Å². The Morgan fingerprint density at radius 2 is 2.10 bits per heavy atom. The van der Waals surface area contributed by atoms with Gasteiger partial charge < -0.3 is 15.2 Å². The Bertz CT molecular complexity index is 611. The lowest BCUT2D eigenvalue weighted by atomic mass is 10.1. The van der Waals surface area contributed by atoms with E-state index in [2.05, 4.69) is 21.2 Å². The summed E-state index contributed by atoms with van der Waals surface area (Å²) in [6, 6.07) is 9.41. The van der Waals surface area contributed by atoms with Gasteiger partial charge in [0, 0.05) is 6.54 Å². The molecule has 0 saturated heterocycles. The molecule has 3 nitrogen and oxygen atoms in total. The Kier molecular flexibility index (Phi) is 4.78. The van der Waals surface area contributed by atoms with E-state index in [4.69, 9.17) is 16.3 Å². The SMILES string of the molecule is COc1cc(CNc2c(C)cccc2Cl)cc(Br)c1O. The van der Waals surface area contributed by atoms with Gasteiger partial charge in [0.15, 0.2) is 11.5 Å². The van der Waals surface area contributed by atoms with Crippen LogP contribution in [0.3, 0.4) is 0 Å². The second-order valence-electron chi connectivity index (χ2n) is 4.41. The van der Waals surface area contributed by atoms with E-state index >= 15 is 0 Å². The quantitative estimate of drug-likeness (QED) is 0.831. The predicted molar refractivity (Wildman–Crippen MR) is 85.9 cm³/mol. The summed E-state index contributed by atoms with van der Waals surface area (Å²) < 4.78 is 5.73. The molecule has 20 heavy (non-hydrogen) atoms. The van der Waals surface area contributed by atoms with E-state index in [1.165, 1.54) is 7.11 Å². The van der Waals surface area contributed by atoms with Gasteiger partial charge in [-0.05, 0) is 52.2 Å². The number of ether oxygens (including phenoxy) is 1. The van der Waals surface area contributed by atoms with Gasteiger partial charge in [0.05, 0.1) is 22.3 Å². The number of methoxy groups -OCH3 is 1. The van der Waals surface area contributed by atoms with Gasteiger partial charge in [-0.15, -0.1) is 0 Å². The van der Waals surface area contributed by atoms with E-state index in [9.17, 15) is 5.11 Å². The number of phenolic OH excluding ortho intramolecular Hbond substituents is 1. The van der Waals surface area contributed by atoms with Crippen LogP contribution < -0.4 is 10.1 Å². The van der Waals surface area contributed by atoms with Gasteiger partial charge in [-0.25, -0.2) is 0 Å². The Labute approximate surface area is 131 Å². The molecule has 0 atom stereocenters. The Morgan fingerprint density at radius 1 is 1.35 bits per heavy atom. The third-order valence-electron chi connectivity index (χ3n) is 3.00. The summed E-state index contributed by atoms with van der Waals surface area (Å²) in [5.74, 6) is 0.539. The standard InChI is InChI=1S/C15H15BrClNO2/c1-9-4-3-5-12(17)14(9)18-8-10-6-11(16)15(19)13(7-10)20-2/h3-7,18-19H,8H2,1-2H3. The van der Waals surface area contributed by atoms with Crippen LogP contribution >= 0.6 is 27.5 Å². The first-order valence-electron chi connectivity index (χ1n) is 6.07. The van der Waals surface area contributed by atoms with Crippen molar-refractivity contribution in [1.29, 1.82) is 0 Å². The third-order valence-corrected chi connectivity index (χ3v) is 3.92. The van der Waals surface area contributed by atoms with Crippen LogP contribution in [-0.2, 0) is 6.54 Å². The van der Waals surface area contributed by atoms with Gasteiger partial charge in [-0.3, -0.25) is 0 Å². The fourth-order valence-electron chi connectivity index (χ4n) is 1.93. The maximum Gasteiger partial charge on any atom is 0.172 e. The van der Waals surface area contributed by atoms with Crippen LogP contribution in [0.25, 0.3) is 0 Å². The lowest BCUT2D eigenvalue weighted by molar-refractivity contribution is 0.371. The monoisotopic (exact) mass is 355 g/mol. The molecule has 0 amide bonds. The topological polar surface area (TPSA) is 41.5 Å². The maximum absolute atomic E-state index is 9.78. The Balaban J connectivity index is 2.21. The van der Waals surface area contributed by atoms with E-state index in [0.29, 0.717) is 21.8 Å². The second kappa shape index (κ2) is 6.37. The number of hydrogen-bond donors (Lipinski definition) is 2. The number of nitrogens with one attached hydrogen (secondary N) is 1. The molecule has 2 aromatic carbocycles. The average molecular weight is 357 g/mol. The zero-order valence-corrected chi connectivity index (χ0v) is 13.5. The Morgan fingerprint density at radius 3 is 2.75 bits per heavy atom. The molecule has 0 bridgehead atoms. The lowest BCUT2D eigenvalue weighted by Gasteiger charge is -2.13. The van der Waals surface area contributed by atoms with Crippen molar-refractivity contribution in [3.05, 3.63) is 51.0 Å². The molecule has 5 heteroatoms. The van der Waals surface area contributed by atoms with Crippen LogP contribution in [0, 0.1) is 6.92 Å². The summed E-state index contributed by atoms with van der Waals surface area (Å²) in [7, 11) is 1.52. The molecule has 0 radical (unpaired) electrons. The number of aryl methyl sites for hydroxylation is 1. The van der Waals surface area contributed by atoms with Crippen molar-refractivity contribution >= 4 is 33.2 Å². The molecule has 0 aliphatic carbocycles. The van der Waals surface area contributed by atoms with Gasteiger partial charge in [0.2, 0.25) is 0 Å². The highest BCUT2D eigenvalue weighted by molar-refractivity contribution is 9.10. The number of rotatable bonds is 4. The van der Waals surface area contributed by atoms with Crippen molar-refractivity contribution in [3.63, 3.8) is 0 Å². The highest BCUT2D eigenvalue weighted by Crippen LogP contribution is 2.35. The molecule has 0 spiro atoms. The second-order valence-corrected chi connectivity index (χ2v) is 5.68. The summed E-state index contributed by atoms with van der Waals surface area (Å²) in [6.45, 7) is 2.58. The fourth-order valence-corrected chi connectivity index (χ4v) is 2.71. The van der Waals surface area contributed by atoms with Gasteiger partial charge in [-0.2, -0.15) is 0 Å². The van der Waals surface area contributed by atoms with Crippen molar-refractivity contribution in [2.75, 3.05) is 12.4 Å². The summed E-state index contributed by atoms with van der Waals surface area (Å²) in [5.41, 5.74) is 2.98. The van der Waals surface area contributed by atoms with Crippen LogP contribution in [0.1, 0.15) is 11.1 Å². The normalized spacial score (nSPS) is 10.4. The highest BCUT2D eigenvalue weighted by Gasteiger charge is 2.09. The van der Waals surface area contributed by atoms with E-state index < -0.39 is 0 Å². The van der Waals surface area contributed by atoms with Crippen molar-refractivity contribution in [3.8, 4) is 11.5 Å². The molecule has 0 heterocycles. The number of phenols is 1. The molecule has 0 saturated carbocycles.